The lowest BCUT2D eigenvalue weighted by Crippen LogP contribution is -2.14. The molecule has 160 valence electrons. The molecule has 1 aromatic heterocycles. The maximum absolute atomic E-state index is 12.1. The number of nitrogens with one attached hydrogen (secondary N) is 1. The highest BCUT2D eigenvalue weighted by Crippen LogP contribution is 2.25. The van der Waals surface area contributed by atoms with Gasteiger partial charge in [0.15, 0.2) is 6.10 Å². The van der Waals surface area contributed by atoms with E-state index in [1.807, 2.05) is 0 Å². The van der Waals surface area contributed by atoms with Gasteiger partial charge in [-0.25, -0.2) is 0 Å². The zero-order valence-electron chi connectivity index (χ0n) is 16.3. The van der Waals surface area contributed by atoms with Crippen LogP contribution in [0.5, 0.6) is 0 Å². The topological polar surface area (TPSA) is 164 Å². The van der Waals surface area contributed by atoms with Gasteiger partial charge in [0.2, 0.25) is 5.89 Å². The molecule has 0 amide bonds. The van der Waals surface area contributed by atoms with Crippen LogP contribution in [-0.2, 0) is 9.53 Å². The molecule has 1 N–H and O–H groups in total. The summed E-state index contributed by atoms with van der Waals surface area (Å²) in [4.78, 5) is 32.7. The van der Waals surface area contributed by atoms with Crippen LogP contribution in [-0.4, -0.2) is 32.6 Å². The maximum atomic E-state index is 12.1. The minimum atomic E-state index is -0.821. The van der Waals surface area contributed by atoms with Gasteiger partial charge in [-0.15, -0.1) is 10.2 Å². The Morgan fingerprint density at radius 3 is 2.48 bits per heavy atom. The highest BCUT2D eigenvalue weighted by molar-refractivity contribution is 5.71. The third-order valence-electron chi connectivity index (χ3n) is 4.17. The van der Waals surface area contributed by atoms with E-state index in [2.05, 4.69) is 15.5 Å². The molecule has 12 heteroatoms. The normalized spacial score (nSPS) is 11.5. The van der Waals surface area contributed by atoms with Crippen LogP contribution < -0.4 is 5.32 Å². The summed E-state index contributed by atoms with van der Waals surface area (Å²) < 4.78 is 10.7. The van der Waals surface area contributed by atoms with Crippen LogP contribution in [0.2, 0.25) is 0 Å². The van der Waals surface area contributed by atoms with E-state index in [0.29, 0.717) is 11.3 Å². The molecule has 0 fully saturated rings. The van der Waals surface area contributed by atoms with Gasteiger partial charge >= 0.3 is 5.97 Å². The summed E-state index contributed by atoms with van der Waals surface area (Å²) in [5, 5.41) is 32.3. The van der Waals surface area contributed by atoms with E-state index in [-0.39, 0.29) is 36.1 Å². The molecule has 12 nitrogen and oxygen atoms in total. The summed E-state index contributed by atoms with van der Waals surface area (Å²) >= 11 is 0. The number of hydrogen-bond donors (Lipinski definition) is 1. The predicted molar refractivity (Wildman–Crippen MR) is 107 cm³/mol. The monoisotopic (exact) mass is 427 g/mol. The Balaban J connectivity index is 1.53. The van der Waals surface area contributed by atoms with Crippen molar-refractivity contribution in [1.82, 2.24) is 10.2 Å². The molecule has 0 bridgehead atoms. The average molecular weight is 427 g/mol. The van der Waals surface area contributed by atoms with E-state index in [0.717, 1.165) is 0 Å². The second-order valence-electron chi connectivity index (χ2n) is 6.33. The van der Waals surface area contributed by atoms with Crippen LogP contribution in [0.15, 0.2) is 52.9 Å². The highest BCUT2D eigenvalue weighted by Gasteiger charge is 2.20. The largest absolute Gasteiger partial charge is 0.453 e. The second kappa shape index (κ2) is 9.43. The zero-order chi connectivity index (χ0) is 22.4. The van der Waals surface area contributed by atoms with Crippen molar-refractivity contribution in [1.29, 1.82) is 0 Å². The Morgan fingerprint density at radius 1 is 1.10 bits per heavy atom. The molecule has 0 spiro atoms. The molecule has 2 aromatic carbocycles. The Labute approximate surface area is 175 Å². The molecule has 0 saturated heterocycles. The predicted octanol–water partition coefficient (Wildman–Crippen LogP) is 3.66. The van der Waals surface area contributed by atoms with Gasteiger partial charge in [-0.1, -0.05) is 12.1 Å². The first-order valence-electron chi connectivity index (χ1n) is 9.10. The van der Waals surface area contributed by atoms with Crippen LogP contribution in [0, 0.1) is 20.2 Å². The van der Waals surface area contributed by atoms with Crippen LogP contribution in [0.3, 0.4) is 0 Å². The fourth-order valence-corrected chi connectivity index (χ4v) is 2.63. The third kappa shape index (κ3) is 5.38. The number of anilines is 1. The number of aromatic nitrogens is 2. The standard InChI is InChI=1S/C19H17N5O7/c1-12(18-21-22-19(31-18)13-6-8-14(9-7-13)23(26)27)30-17(25)10-11-20-15-4-2-3-5-16(15)24(28)29/h2-9,12,20H,10-11H2,1H3. The molecule has 0 aliphatic heterocycles. The van der Waals surface area contributed by atoms with E-state index in [9.17, 15) is 25.0 Å². The number of carbonyl (C=O) groups is 1. The number of para-hydroxylation sites is 2. The Bertz CT molecular complexity index is 1100. The number of non-ortho nitro benzene ring substituents is 1. The average Bonchev–Trinajstić information content (AvgIpc) is 3.24. The molecule has 3 rings (SSSR count). The molecule has 0 radical (unpaired) electrons. The maximum Gasteiger partial charge on any atom is 0.308 e. The molecule has 1 atom stereocenters. The van der Waals surface area contributed by atoms with Crippen molar-refractivity contribution in [2.45, 2.75) is 19.4 Å². The lowest BCUT2D eigenvalue weighted by atomic mass is 10.2. The summed E-state index contributed by atoms with van der Waals surface area (Å²) in [7, 11) is 0. The number of nitro benzene ring substituents is 2. The molecule has 3 aromatic rings. The Hall–Kier alpha value is -4.35. The summed E-state index contributed by atoms with van der Waals surface area (Å²) in [5.74, 6) is -0.368. The van der Waals surface area contributed by atoms with Crippen LogP contribution in [0.25, 0.3) is 11.5 Å². The second-order valence-corrected chi connectivity index (χ2v) is 6.33. The number of nitro groups is 2. The summed E-state index contributed by atoms with van der Waals surface area (Å²) in [6.45, 7) is 1.69. The van der Waals surface area contributed by atoms with Gasteiger partial charge in [-0.2, -0.15) is 0 Å². The summed E-state index contributed by atoms with van der Waals surface area (Å²) in [5.41, 5.74) is 0.628. The van der Waals surface area contributed by atoms with Crippen molar-refractivity contribution in [2.24, 2.45) is 0 Å². The van der Waals surface area contributed by atoms with Crippen LogP contribution >= 0.6 is 0 Å². The molecule has 0 aliphatic carbocycles. The number of esters is 1. The van der Waals surface area contributed by atoms with Crippen molar-refractivity contribution < 1.29 is 23.8 Å². The minimum Gasteiger partial charge on any atom is -0.453 e. The lowest BCUT2D eigenvalue weighted by Gasteiger charge is -2.10. The number of hydrogen-bond acceptors (Lipinski definition) is 10. The van der Waals surface area contributed by atoms with E-state index in [4.69, 9.17) is 9.15 Å². The van der Waals surface area contributed by atoms with Gasteiger partial charge in [-0.05, 0) is 25.1 Å². The van der Waals surface area contributed by atoms with E-state index in [1.54, 1.807) is 25.1 Å². The molecule has 1 heterocycles. The number of carbonyl (C=O) groups excluding carboxylic acids is 1. The van der Waals surface area contributed by atoms with Crippen LogP contribution in [0.1, 0.15) is 25.3 Å². The first-order valence-corrected chi connectivity index (χ1v) is 9.10. The number of rotatable bonds is 9. The molecule has 31 heavy (non-hydrogen) atoms. The first kappa shape index (κ1) is 21.4. The smallest absolute Gasteiger partial charge is 0.308 e. The van der Waals surface area contributed by atoms with E-state index >= 15 is 0 Å². The van der Waals surface area contributed by atoms with E-state index in [1.165, 1.54) is 30.3 Å². The Morgan fingerprint density at radius 2 is 1.81 bits per heavy atom. The minimum absolute atomic E-state index is 0.0419. The van der Waals surface area contributed by atoms with Crippen molar-refractivity contribution in [3.05, 3.63) is 74.7 Å². The van der Waals surface area contributed by atoms with Gasteiger partial charge in [0, 0.05) is 30.3 Å². The summed E-state index contributed by atoms with van der Waals surface area (Å²) in [6.07, 6.45) is -0.863. The number of nitrogens with zero attached hydrogens (tertiary/aromatic N) is 4. The van der Waals surface area contributed by atoms with Gasteiger partial charge in [-0.3, -0.25) is 25.0 Å². The van der Waals surface area contributed by atoms with Gasteiger partial charge in [0.05, 0.1) is 16.3 Å². The first-order chi connectivity index (χ1) is 14.8. The highest BCUT2D eigenvalue weighted by atomic mass is 16.6. The quantitative estimate of drug-likeness (QED) is 0.303. The molecular formula is C19H17N5O7. The fourth-order valence-electron chi connectivity index (χ4n) is 2.63. The van der Waals surface area contributed by atoms with Crippen molar-refractivity contribution >= 4 is 23.0 Å². The number of benzene rings is 2. The lowest BCUT2D eigenvalue weighted by molar-refractivity contribution is -0.384. The van der Waals surface area contributed by atoms with Crippen LogP contribution in [0.4, 0.5) is 17.1 Å². The fraction of sp³-hybridized carbons (Fsp3) is 0.211. The van der Waals surface area contributed by atoms with Gasteiger partial charge < -0.3 is 14.5 Å². The third-order valence-corrected chi connectivity index (χ3v) is 4.17. The van der Waals surface area contributed by atoms with Crippen molar-refractivity contribution in [2.75, 3.05) is 11.9 Å². The molecule has 1 unspecified atom stereocenters. The van der Waals surface area contributed by atoms with Crippen molar-refractivity contribution in [3.63, 3.8) is 0 Å². The van der Waals surface area contributed by atoms with Gasteiger partial charge in [0.1, 0.15) is 5.69 Å². The zero-order valence-corrected chi connectivity index (χ0v) is 16.3. The van der Waals surface area contributed by atoms with E-state index < -0.39 is 21.9 Å². The molecule has 0 aliphatic rings. The van der Waals surface area contributed by atoms with Crippen molar-refractivity contribution in [3.8, 4) is 11.5 Å². The Kier molecular flexibility index (Phi) is 6.50. The molecular weight excluding hydrogens is 410 g/mol. The number of ether oxygens (including phenoxy) is 1. The summed E-state index contributed by atoms with van der Waals surface area (Å²) in [6, 6.07) is 11.7. The molecule has 0 saturated carbocycles. The van der Waals surface area contributed by atoms with Gasteiger partial charge in [0.25, 0.3) is 17.3 Å². The SMILES string of the molecule is CC(OC(=O)CCNc1ccccc1[N+](=O)[O-])c1nnc(-c2ccc([N+](=O)[O-])cc2)o1.